The highest BCUT2D eigenvalue weighted by Gasteiger charge is 2.35. The highest BCUT2D eigenvalue weighted by Crippen LogP contribution is 2.20. The maximum Gasteiger partial charge on any atom is 0.243 e. The largest absolute Gasteiger partial charge is 0.345 e. The molecule has 0 bridgehead atoms. The fraction of sp³-hybridized carbons (Fsp3) is 0.750. The third kappa shape index (κ3) is 1.75. The molecule has 1 rings (SSSR count). The second-order valence-electron chi connectivity index (χ2n) is 4.08. The Balaban J connectivity index is 2.74. The van der Waals surface area contributed by atoms with Crippen LogP contribution in [-0.2, 0) is 9.59 Å². The zero-order chi connectivity index (χ0) is 9.35. The van der Waals surface area contributed by atoms with Gasteiger partial charge in [0.15, 0.2) is 0 Å². The van der Waals surface area contributed by atoms with Crippen LogP contribution in [0.15, 0.2) is 0 Å². The zero-order valence-electron chi connectivity index (χ0n) is 7.60. The van der Waals surface area contributed by atoms with Gasteiger partial charge in [0.05, 0.1) is 6.54 Å². The van der Waals surface area contributed by atoms with E-state index in [1.807, 2.05) is 20.8 Å². The molecule has 2 N–H and O–H groups in total. The molecule has 0 saturated carbocycles. The summed E-state index contributed by atoms with van der Waals surface area (Å²) in [6.45, 7) is 5.86. The van der Waals surface area contributed by atoms with Crippen molar-refractivity contribution in [1.82, 2.24) is 10.6 Å². The Morgan fingerprint density at radius 1 is 1.33 bits per heavy atom. The van der Waals surface area contributed by atoms with Gasteiger partial charge >= 0.3 is 0 Å². The van der Waals surface area contributed by atoms with Crippen molar-refractivity contribution in [1.29, 1.82) is 0 Å². The molecule has 4 heteroatoms. The van der Waals surface area contributed by atoms with E-state index in [0.717, 1.165) is 0 Å². The predicted molar refractivity (Wildman–Crippen MR) is 44.4 cm³/mol. The van der Waals surface area contributed by atoms with Crippen molar-refractivity contribution in [2.24, 2.45) is 5.41 Å². The van der Waals surface area contributed by atoms with Crippen molar-refractivity contribution in [3.63, 3.8) is 0 Å². The predicted octanol–water partition coefficient (Wildman–Crippen LogP) is -0.353. The molecule has 1 heterocycles. The number of rotatable bonds is 0. The molecule has 2 amide bonds. The van der Waals surface area contributed by atoms with Crippen LogP contribution in [0.4, 0.5) is 0 Å². The lowest BCUT2D eigenvalue weighted by Gasteiger charge is -2.33. The lowest BCUT2D eigenvalue weighted by atomic mass is 9.85. The quantitative estimate of drug-likeness (QED) is 0.522. The summed E-state index contributed by atoms with van der Waals surface area (Å²) in [6, 6.07) is -0.404. The number of amides is 2. The minimum atomic E-state index is -0.404. The Labute approximate surface area is 71.7 Å². The van der Waals surface area contributed by atoms with Gasteiger partial charge in [-0.25, -0.2) is 0 Å². The van der Waals surface area contributed by atoms with Gasteiger partial charge in [0.1, 0.15) is 6.04 Å². The fourth-order valence-electron chi connectivity index (χ4n) is 1.16. The third-order valence-corrected chi connectivity index (χ3v) is 1.86. The Hall–Kier alpha value is -1.06. The first-order chi connectivity index (χ1) is 5.41. The molecule has 0 spiro atoms. The van der Waals surface area contributed by atoms with Crippen molar-refractivity contribution < 1.29 is 9.59 Å². The Morgan fingerprint density at radius 3 is 2.33 bits per heavy atom. The number of hydrogen-bond acceptors (Lipinski definition) is 2. The van der Waals surface area contributed by atoms with Gasteiger partial charge in [-0.05, 0) is 5.41 Å². The summed E-state index contributed by atoms with van der Waals surface area (Å²) in [5, 5.41) is 5.19. The molecule has 12 heavy (non-hydrogen) atoms. The van der Waals surface area contributed by atoms with Crippen LogP contribution in [0.25, 0.3) is 0 Å². The van der Waals surface area contributed by atoms with Crippen LogP contribution in [0, 0.1) is 5.41 Å². The molecule has 0 aromatic heterocycles. The van der Waals surface area contributed by atoms with Crippen LogP contribution in [0.3, 0.4) is 0 Å². The molecule has 0 radical (unpaired) electrons. The Morgan fingerprint density at radius 2 is 1.92 bits per heavy atom. The van der Waals surface area contributed by atoms with E-state index in [4.69, 9.17) is 0 Å². The minimum absolute atomic E-state index is 0.0953. The maximum atomic E-state index is 11.3. The van der Waals surface area contributed by atoms with Crippen LogP contribution >= 0.6 is 0 Å². The van der Waals surface area contributed by atoms with Gasteiger partial charge in [-0.3, -0.25) is 9.59 Å². The first-order valence-corrected chi connectivity index (χ1v) is 3.98. The van der Waals surface area contributed by atoms with Crippen LogP contribution in [0.2, 0.25) is 0 Å². The molecule has 0 aromatic carbocycles. The number of piperazine rings is 1. The summed E-state index contributed by atoms with van der Waals surface area (Å²) in [4.78, 5) is 22.2. The van der Waals surface area contributed by atoms with E-state index in [1.165, 1.54) is 0 Å². The second-order valence-corrected chi connectivity index (χ2v) is 4.08. The molecule has 1 aliphatic rings. The molecule has 1 aliphatic heterocycles. The summed E-state index contributed by atoms with van der Waals surface area (Å²) < 4.78 is 0. The van der Waals surface area contributed by atoms with Crippen LogP contribution in [-0.4, -0.2) is 24.4 Å². The molecule has 1 atom stereocenters. The molecule has 4 nitrogen and oxygen atoms in total. The molecule has 1 fully saturated rings. The average Bonchev–Trinajstić information content (AvgIpc) is 1.92. The monoisotopic (exact) mass is 170 g/mol. The van der Waals surface area contributed by atoms with Crippen LogP contribution in [0.5, 0.6) is 0 Å². The third-order valence-electron chi connectivity index (χ3n) is 1.86. The number of nitrogens with one attached hydrogen (secondary N) is 2. The van der Waals surface area contributed by atoms with E-state index in [2.05, 4.69) is 10.6 Å². The van der Waals surface area contributed by atoms with Gasteiger partial charge in [-0.15, -0.1) is 0 Å². The molecule has 0 aliphatic carbocycles. The standard InChI is InChI=1S/C8H14N2O2/c1-8(2,3)6-7(12)9-4-5(11)10-6/h6H,4H2,1-3H3,(H,9,12)(H,10,11). The molecule has 68 valence electrons. The summed E-state index contributed by atoms with van der Waals surface area (Å²) >= 11 is 0. The average molecular weight is 170 g/mol. The smallest absolute Gasteiger partial charge is 0.243 e. The molecule has 0 aromatic rings. The van der Waals surface area contributed by atoms with E-state index in [1.54, 1.807) is 0 Å². The van der Waals surface area contributed by atoms with E-state index >= 15 is 0 Å². The summed E-state index contributed by atoms with van der Waals surface area (Å²) in [5.41, 5.74) is -0.222. The number of hydrogen-bond donors (Lipinski definition) is 2. The van der Waals surface area contributed by atoms with Gasteiger partial charge < -0.3 is 10.6 Å². The van der Waals surface area contributed by atoms with Crippen molar-refractivity contribution in [3.05, 3.63) is 0 Å². The van der Waals surface area contributed by atoms with E-state index in [0.29, 0.717) is 0 Å². The summed E-state index contributed by atoms with van der Waals surface area (Å²) in [6.07, 6.45) is 0. The highest BCUT2D eigenvalue weighted by atomic mass is 16.2. The molecular formula is C8H14N2O2. The van der Waals surface area contributed by atoms with Crippen molar-refractivity contribution in [2.75, 3.05) is 6.54 Å². The van der Waals surface area contributed by atoms with Gasteiger partial charge in [-0.1, -0.05) is 20.8 Å². The van der Waals surface area contributed by atoms with Crippen LogP contribution < -0.4 is 10.6 Å². The fourth-order valence-corrected chi connectivity index (χ4v) is 1.16. The maximum absolute atomic E-state index is 11.3. The van der Waals surface area contributed by atoms with Crippen LogP contribution in [0.1, 0.15) is 20.8 Å². The van der Waals surface area contributed by atoms with E-state index in [9.17, 15) is 9.59 Å². The van der Waals surface area contributed by atoms with Gasteiger partial charge in [-0.2, -0.15) is 0 Å². The summed E-state index contributed by atoms with van der Waals surface area (Å²) in [5.74, 6) is -0.211. The Bertz CT molecular complexity index is 218. The molecule has 1 saturated heterocycles. The van der Waals surface area contributed by atoms with E-state index in [-0.39, 0.29) is 23.8 Å². The molecule has 1 unspecified atom stereocenters. The highest BCUT2D eigenvalue weighted by molar-refractivity contribution is 5.95. The lowest BCUT2D eigenvalue weighted by molar-refractivity contribution is -0.136. The SMILES string of the molecule is CC(C)(C)C1NC(=O)CNC1=O. The van der Waals surface area contributed by atoms with Crippen molar-refractivity contribution in [2.45, 2.75) is 26.8 Å². The lowest BCUT2D eigenvalue weighted by Crippen LogP contribution is -2.60. The zero-order valence-corrected chi connectivity index (χ0v) is 7.60. The normalized spacial score (nSPS) is 24.8. The van der Waals surface area contributed by atoms with Crippen molar-refractivity contribution in [3.8, 4) is 0 Å². The topological polar surface area (TPSA) is 58.2 Å². The Kier molecular flexibility index (Phi) is 2.08. The second kappa shape index (κ2) is 2.77. The van der Waals surface area contributed by atoms with Crippen molar-refractivity contribution >= 4 is 11.8 Å². The number of carbonyl (C=O) groups is 2. The summed E-state index contributed by atoms with van der Waals surface area (Å²) in [7, 11) is 0. The molecular weight excluding hydrogens is 156 g/mol. The minimum Gasteiger partial charge on any atom is -0.345 e. The number of carbonyl (C=O) groups excluding carboxylic acids is 2. The van der Waals surface area contributed by atoms with Gasteiger partial charge in [0.2, 0.25) is 11.8 Å². The van der Waals surface area contributed by atoms with Gasteiger partial charge in [0, 0.05) is 0 Å². The van der Waals surface area contributed by atoms with Gasteiger partial charge in [0.25, 0.3) is 0 Å². The first kappa shape index (κ1) is 9.03. The first-order valence-electron chi connectivity index (χ1n) is 3.98. The van der Waals surface area contributed by atoms with E-state index < -0.39 is 6.04 Å².